The van der Waals surface area contributed by atoms with Gasteiger partial charge >= 0.3 is 0 Å². The van der Waals surface area contributed by atoms with Gasteiger partial charge in [-0.05, 0) is 30.5 Å². The van der Waals surface area contributed by atoms with E-state index in [0.29, 0.717) is 25.8 Å². The van der Waals surface area contributed by atoms with Crippen LogP contribution in [0.2, 0.25) is 0 Å². The minimum Gasteiger partial charge on any atom is -0.497 e. The number of nitrogens with zero attached hydrogens (tertiary/aromatic N) is 1. The molecule has 0 aromatic heterocycles. The third-order valence-corrected chi connectivity index (χ3v) is 4.10. The van der Waals surface area contributed by atoms with Gasteiger partial charge in [0.05, 0.1) is 7.11 Å². The molecular weight excluding hydrogens is 308 g/mol. The van der Waals surface area contributed by atoms with Gasteiger partial charge in [0, 0.05) is 33.1 Å². The van der Waals surface area contributed by atoms with Crippen LogP contribution in [0, 0.1) is 0 Å². The summed E-state index contributed by atoms with van der Waals surface area (Å²) in [5, 5.41) is 2.88. The van der Waals surface area contributed by atoms with Crippen LogP contribution in [0.15, 0.2) is 24.3 Å². The van der Waals surface area contributed by atoms with Crippen molar-refractivity contribution in [2.75, 3.05) is 27.7 Å². The third kappa shape index (κ3) is 4.94. The van der Waals surface area contributed by atoms with Crippen molar-refractivity contribution >= 4 is 11.8 Å². The summed E-state index contributed by atoms with van der Waals surface area (Å²) < 4.78 is 5.15. The van der Waals surface area contributed by atoms with E-state index < -0.39 is 0 Å². The molecule has 1 saturated heterocycles. The topological polar surface area (TPSA) is 82.7 Å². The van der Waals surface area contributed by atoms with Crippen LogP contribution in [-0.4, -0.2) is 50.5 Å². The average Bonchev–Trinajstić information content (AvgIpc) is 3.08. The van der Waals surface area contributed by atoms with Crippen molar-refractivity contribution in [2.45, 2.75) is 31.3 Å². The van der Waals surface area contributed by atoms with Crippen LogP contribution >= 0.6 is 0 Å². The summed E-state index contributed by atoms with van der Waals surface area (Å²) in [6.45, 7) is 0.504. The Kier molecular flexibility index (Phi) is 6.57. The first kappa shape index (κ1) is 18.2. The number of hydrogen-bond donors (Lipinski definition) is 3. The van der Waals surface area contributed by atoms with Crippen molar-refractivity contribution in [2.24, 2.45) is 0 Å². The molecule has 1 aliphatic heterocycles. The van der Waals surface area contributed by atoms with Gasteiger partial charge in [0.2, 0.25) is 11.8 Å². The summed E-state index contributed by atoms with van der Waals surface area (Å²) in [6.07, 6.45) is 1.76. The van der Waals surface area contributed by atoms with Crippen LogP contribution in [0.1, 0.15) is 30.9 Å². The zero-order valence-electron chi connectivity index (χ0n) is 14.5. The Labute approximate surface area is 142 Å². The molecule has 3 N–H and O–H groups in total. The van der Waals surface area contributed by atoms with E-state index in [-0.39, 0.29) is 23.9 Å². The van der Waals surface area contributed by atoms with E-state index in [1.165, 1.54) is 0 Å². The van der Waals surface area contributed by atoms with Crippen molar-refractivity contribution in [3.63, 3.8) is 0 Å². The fraction of sp³-hybridized carbons (Fsp3) is 0.529. The fourth-order valence-corrected chi connectivity index (χ4v) is 2.58. The zero-order valence-corrected chi connectivity index (χ0v) is 14.5. The predicted molar refractivity (Wildman–Crippen MR) is 91.3 cm³/mol. The molecule has 0 saturated carbocycles. The number of carbonyl (C=O) groups is 2. The summed E-state index contributed by atoms with van der Waals surface area (Å²) in [6, 6.07) is 7.61. The Bertz CT molecular complexity index is 559. The van der Waals surface area contributed by atoms with Crippen molar-refractivity contribution < 1.29 is 14.3 Å². The summed E-state index contributed by atoms with van der Waals surface area (Å²) in [4.78, 5) is 25.2. The SMILES string of the molecule is COc1ccc(C2CC(C(=O)NCCCC(=O)N(C)C)NN2)cc1. The second-order valence-corrected chi connectivity index (χ2v) is 6.09. The molecule has 132 valence electrons. The van der Waals surface area contributed by atoms with Gasteiger partial charge in [-0.25, -0.2) is 10.9 Å². The molecule has 1 fully saturated rings. The van der Waals surface area contributed by atoms with E-state index in [4.69, 9.17) is 4.74 Å². The number of nitrogens with one attached hydrogen (secondary N) is 3. The Morgan fingerprint density at radius 2 is 1.96 bits per heavy atom. The molecule has 2 atom stereocenters. The van der Waals surface area contributed by atoms with E-state index in [9.17, 15) is 9.59 Å². The van der Waals surface area contributed by atoms with Crippen molar-refractivity contribution in [3.05, 3.63) is 29.8 Å². The third-order valence-electron chi connectivity index (χ3n) is 4.10. The predicted octanol–water partition coefficient (Wildman–Crippen LogP) is 0.587. The lowest BCUT2D eigenvalue weighted by atomic mass is 10.0. The van der Waals surface area contributed by atoms with Gasteiger partial charge in [0.25, 0.3) is 0 Å². The maximum atomic E-state index is 12.2. The van der Waals surface area contributed by atoms with Gasteiger partial charge in [0.1, 0.15) is 11.8 Å². The lowest BCUT2D eigenvalue weighted by Crippen LogP contribution is -2.43. The van der Waals surface area contributed by atoms with Crippen molar-refractivity contribution in [1.29, 1.82) is 0 Å². The van der Waals surface area contributed by atoms with E-state index in [2.05, 4.69) is 16.2 Å². The zero-order chi connectivity index (χ0) is 17.5. The normalized spacial score (nSPS) is 19.8. The monoisotopic (exact) mass is 334 g/mol. The maximum Gasteiger partial charge on any atom is 0.238 e. The molecule has 2 unspecified atom stereocenters. The fourth-order valence-electron chi connectivity index (χ4n) is 2.58. The second-order valence-electron chi connectivity index (χ2n) is 6.09. The maximum absolute atomic E-state index is 12.2. The molecule has 2 rings (SSSR count). The van der Waals surface area contributed by atoms with E-state index >= 15 is 0 Å². The summed E-state index contributed by atoms with van der Waals surface area (Å²) in [5.41, 5.74) is 7.29. The second kappa shape index (κ2) is 8.65. The summed E-state index contributed by atoms with van der Waals surface area (Å²) in [5.74, 6) is 0.839. The molecule has 2 amide bonds. The largest absolute Gasteiger partial charge is 0.497 e. The molecule has 0 radical (unpaired) electrons. The van der Waals surface area contributed by atoms with Crippen LogP contribution < -0.4 is 20.9 Å². The van der Waals surface area contributed by atoms with Gasteiger partial charge in [0.15, 0.2) is 0 Å². The number of methoxy groups -OCH3 is 1. The summed E-state index contributed by atoms with van der Waals surface area (Å²) in [7, 11) is 5.10. The highest BCUT2D eigenvalue weighted by molar-refractivity contribution is 5.82. The van der Waals surface area contributed by atoms with E-state index in [1.807, 2.05) is 24.3 Å². The number of amides is 2. The van der Waals surface area contributed by atoms with Gasteiger partial charge in [-0.1, -0.05) is 12.1 Å². The number of hydrogen-bond acceptors (Lipinski definition) is 5. The van der Waals surface area contributed by atoms with E-state index in [0.717, 1.165) is 11.3 Å². The summed E-state index contributed by atoms with van der Waals surface area (Å²) >= 11 is 0. The molecule has 1 heterocycles. The first-order valence-electron chi connectivity index (χ1n) is 8.14. The number of hydrazine groups is 1. The minimum absolute atomic E-state index is 0.0455. The minimum atomic E-state index is -0.276. The Balaban J connectivity index is 1.73. The highest BCUT2D eigenvalue weighted by Gasteiger charge is 2.29. The molecule has 0 spiro atoms. The van der Waals surface area contributed by atoms with Crippen LogP contribution in [0.4, 0.5) is 0 Å². The molecule has 7 heteroatoms. The number of ether oxygens (including phenoxy) is 1. The van der Waals surface area contributed by atoms with Gasteiger partial charge in [-0.2, -0.15) is 0 Å². The van der Waals surface area contributed by atoms with Crippen molar-refractivity contribution in [3.8, 4) is 5.75 Å². The quantitative estimate of drug-likeness (QED) is 0.636. The van der Waals surface area contributed by atoms with Crippen LogP contribution in [-0.2, 0) is 9.59 Å². The average molecular weight is 334 g/mol. The molecule has 1 aliphatic rings. The molecule has 1 aromatic carbocycles. The smallest absolute Gasteiger partial charge is 0.238 e. The van der Waals surface area contributed by atoms with Crippen LogP contribution in [0.25, 0.3) is 0 Å². The molecule has 24 heavy (non-hydrogen) atoms. The van der Waals surface area contributed by atoms with E-state index in [1.54, 1.807) is 26.1 Å². The van der Waals surface area contributed by atoms with Crippen LogP contribution in [0.3, 0.4) is 0 Å². The number of carbonyl (C=O) groups excluding carboxylic acids is 2. The van der Waals surface area contributed by atoms with Gasteiger partial charge < -0.3 is 15.0 Å². The Morgan fingerprint density at radius 1 is 1.25 bits per heavy atom. The highest BCUT2D eigenvalue weighted by Crippen LogP contribution is 2.24. The lowest BCUT2D eigenvalue weighted by Gasteiger charge is -2.12. The standard InChI is InChI=1S/C17H26N4O3/c1-21(2)16(22)5-4-10-18-17(23)15-11-14(19-20-15)12-6-8-13(24-3)9-7-12/h6-9,14-15,19-20H,4-5,10-11H2,1-3H3,(H,18,23). The van der Waals surface area contributed by atoms with Crippen molar-refractivity contribution in [1.82, 2.24) is 21.1 Å². The Hall–Kier alpha value is -2.12. The molecular formula is C17H26N4O3. The first-order chi connectivity index (χ1) is 11.5. The molecule has 1 aromatic rings. The molecule has 7 nitrogen and oxygen atoms in total. The lowest BCUT2D eigenvalue weighted by molar-refractivity contribution is -0.129. The van der Waals surface area contributed by atoms with Crippen LogP contribution in [0.5, 0.6) is 5.75 Å². The first-order valence-corrected chi connectivity index (χ1v) is 8.14. The van der Waals surface area contributed by atoms with Gasteiger partial charge in [-0.3, -0.25) is 9.59 Å². The highest BCUT2D eigenvalue weighted by atomic mass is 16.5. The molecule has 0 bridgehead atoms. The molecule has 0 aliphatic carbocycles. The Morgan fingerprint density at radius 3 is 2.58 bits per heavy atom. The number of benzene rings is 1. The van der Waals surface area contributed by atoms with Gasteiger partial charge in [-0.15, -0.1) is 0 Å². The number of rotatable bonds is 7.